The van der Waals surface area contributed by atoms with Crippen molar-refractivity contribution >= 4 is 52.0 Å². The minimum Gasteiger partial charge on any atom is -0.388 e. The highest BCUT2D eigenvalue weighted by Crippen LogP contribution is 2.38. The summed E-state index contributed by atoms with van der Waals surface area (Å²) in [7, 11) is 0. The van der Waals surface area contributed by atoms with Crippen LogP contribution in [0.4, 0.5) is 20.2 Å². The van der Waals surface area contributed by atoms with Gasteiger partial charge in [-0.25, -0.2) is 10.5 Å². The number of hydrogen-bond donors (Lipinski definition) is 3. The highest BCUT2D eigenvalue weighted by atomic mass is 35.5. The van der Waals surface area contributed by atoms with Crippen LogP contribution in [0.3, 0.4) is 0 Å². The Labute approximate surface area is 256 Å². The molecule has 3 aromatic rings. The molecule has 226 valence electrons. The first-order valence-corrected chi connectivity index (χ1v) is 14.4. The molecule has 0 spiro atoms. The van der Waals surface area contributed by atoms with Crippen LogP contribution in [-0.2, 0) is 9.59 Å². The van der Waals surface area contributed by atoms with Gasteiger partial charge in [0.1, 0.15) is 5.16 Å². The van der Waals surface area contributed by atoms with E-state index < -0.39 is 18.5 Å². The number of aromatic nitrogens is 3. The molecule has 2 unspecified atom stereocenters. The van der Waals surface area contributed by atoms with Crippen LogP contribution in [0.25, 0.3) is 16.8 Å². The lowest BCUT2D eigenvalue weighted by Gasteiger charge is -2.35. The second kappa shape index (κ2) is 12.7. The van der Waals surface area contributed by atoms with Crippen molar-refractivity contribution in [1.82, 2.24) is 19.7 Å². The summed E-state index contributed by atoms with van der Waals surface area (Å²) in [6, 6.07) is 7.91. The molecule has 0 saturated heterocycles. The van der Waals surface area contributed by atoms with Crippen LogP contribution in [0.1, 0.15) is 56.5 Å². The van der Waals surface area contributed by atoms with Crippen molar-refractivity contribution in [2.45, 2.75) is 45.2 Å². The molecular weight excluding hydrogens is 601 g/mol. The summed E-state index contributed by atoms with van der Waals surface area (Å²) in [5, 5.41) is 8.29. The molecular formula is C29H30Cl2F2N8O2. The number of hydrogen-bond acceptors (Lipinski definition) is 7. The van der Waals surface area contributed by atoms with E-state index in [4.69, 9.17) is 34.8 Å². The molecule has 2 atom stereocenters. The third-order valence-corrected chi connectivity index (χ3v) is 7.95. The molecule has 0 aliphatic carbocycles. The number of nitrogens with zero attached hydrogens (tertiary/aromatic N) is 5. The van der Waals surface area contributed by atoms with Gasteiger partial charge in [0.15, 0.2) is 0 Å². The molecule has 2 aliphatic rings. The van der Waals surface area contributed by atoms with E-state index in [1.165, 1.54) is 23.6 Å². The standard InChI is InChI=1S/C29H30Cl2F2N8O2/c1-16-3-2-4-24(21-11-18(7-9-36-21)27-22(38-28(16)43)14-37-41(27)29(32)33)39-10-8-17(12-26(39)42)20-13-19(30)5-6-23(20)40(35)15-25(31)34/h5-7,9,11-16,24,29H,2-4,8,10,34-35H2,1H3,(H,38,43)/b25-15-. The zero-order valence-electron chi connectivity index (χ0n) is 23.2. The number of pyridine rings is 1. The van der Waals surface area contributed by atoms with Crippen molar-refractivity contribution < 1.29 is 18.4 Å². The van der Waals surface area contributed by atoms with Gasteiger partial charge in [0.05, 0.1) is 41.2 Å². The van der Waals surface area contributed by atoms with E-state index in [2.05, 4.69) is 15.4 Å². The summed E-state index contributed by atoms with van der Waals surface area (Å²) < 4.78 is 28.4. The first kappa shape index (κ1) is 30.5. The van der Waals surface area contributed by atoms with Crippen molar-refractivity contribution in [3.8, 4) is 11.3 Å². The molecule has 0 fully saturated rings. The van der Waals surface area contributed by atoms with Crippen LogP contribution in [0.5, 0.6) is 0 Å². The van der Waals surface area contributed by atoms with E-state index in [9.17, 15) is 18.4 Å². The van der Waals surface area contributed by atoms with Gasteiger partial charge in [0.25, 0.3) is 0 Å². The van der Waals surface area contributed by atoms with Crippen molar-refractivity contribution in [1.29, 1.82) is 0 Å². The molecule has 5 N–H and O–H groups in total. The first-order valence-electron chi connectivity index (χ1n) is 13.6. The Morgan fingerprint density at radius 1 is 1.23 bits per heavy atom. The van der Waals surface area contributed by atoms with Crippen LogP contribution in [0.15, 0.2) is 60.2 Å². The molecule has 2 aliphatic heterocycles. The van der Waals surface area contributed by atoms with Crippen molar-refractivity contribution in [2.75, 3.05) is 16.9 Å². The Morgan fingerprint density at radius 3 is 2.74 bits per heavy atom. The van der Waals surface area contributed by atoms with Crippen LogP contribution in [0.2, 0.25) is 5.02 Å². The van der Waals surface area contributed by atoms with Crippen molar-refractivity contribution in [3.63, 3.8) is 0 Å². The number of rotatable bonds is 5. The predicted molar refractivity (Wildman–Crippen MR) is 162 cm³/mol. The number of nitrogens with two attached hydrogens (primary N) is 2. The maximum Gasteiger partial charge on any atom is 0.333 e. The number of nitrogens with one attached hydrogen (secondary N) is 1. The molecule has 1 aromatic carbocycles. The van der Waals surface area contributed by atoms with Crippen LogP contribution < -0.4 is 21.9 Å². The fourth-order valence-corrected chi connectivity index (χ4v) is 5.78. The van der Waals surface area contributed by atoms with E-state index in [-0.39, 0.29) is 28.4 Å². The maximum atomic E-state index is 13.9. The average molecular weight is 632 g/mol. The van der Waals surface area contributed by atoms with E-state index in [1.54, 1.807) is 48.2 Å². The number of alkyl halides is 2. The first-order chi connectivity index (χ1) is 20.5. The molecule has 4 heterocycles. The predicted octanol–water partition coefficient (Wildman–Crippen LogP) is 5.79. The lowest BCUT2D eigenvalue weighted by atomic mass is 9.93. The number of benzene rings is 1. The largest absolute Gasteiger partial charge is 0.388 e. The Morgan fingerprint density at radius 2 is 2.02 bits per heavy atom. The average Bonchev–Trinajstić information content (AvgIpc) is 3.38. The van der Waals surface area contributed by atoms with Crippen LogP contribution in [0, 0.1) is 5.92 Å². The van der Waals surface area contributed by atoms with Gasteiger partial charge in [0, 0.05) is 40.9 Å². The molecule has 14 heteroatoms. The fourth-order valence-electron chi connectivity index (χ4n) is 5.51. The summed E-state index contributed by atoms with van der Waals surface area (Å²) in [6.07, 6.45) is 7.77. The number of carbonyl (C=O) groups excluding carboxylic acids is 2. The number of hydrazine groups is 1. The molecule has 0 saturated carbocycles. The van der Waals surface area contributed by atoms with Gasteiger partial charge in [-0.15, -0.1) is 0 Å². The third kappa shape index (κ3) is 6.51. The van der Waals surface area contributed by atoms with Gasteiger partial charge in [-0.1, -0.05) is 36.5 Å². The minimum atomic E-state index is -2.93. The Bertz CT molecular complexity index is 1600. The second-order valence-corrected chi connectivity index (χ2v) is 11.3. The molecule has 10 nitrogen and oxygen atoms in total. The van der Waals surface area contributed by atoms with E-state index in [0.29, 0.717) is 64.4 Å². The van der Waals surface area contributed by atoms with E-state index >= 15 is 0 Å². The Kier molecular flexibility index (Phi) is 9.00. The van der Waals surface area contributed by atoms with Crippen LogP contribution in [-0.4, -0.2) is 38.0 Å². The van der Waals surface area contributed by atoms with Crippen LogP contribution >= 0.6 is 23.2 Å². The Balaban J connectivity index is 1.53. The van der Waals surface area contributed by atoms with Gasteiger partial charge >= 0.3 is 6.55 Å². The summed E-state index contributed by atoms with van der Waals surface area (Å²) in [6.45, 7) is -0.799. The number of carbonyl (C=O) groups is 2. The lowest BCUT2D eigenvalue weighted by Crippen LogP contribution is -2.38. The summed E-state index contributed by atoms with van der Waals surface area (Å²) in [5.41, 5.74) is 8.73. The molecule has 2 amide bonds. The van der Waals surface area contributed by atoms with Gasteiger partial charge in [-0.2, -0.15) is 13.9 Å². The van der Waals surface area contributed by atoms with E-state index in [0.717, 1.165) is 5.57 Å². The summed E-state index contributed by atoms with van der Waals surface area (Å²) in [5.74, 6) is 5.23. The normalized spacial score (nSPS) is 19.7. The number of halogens is 4. The van der Waals surface area contributed by atoms with Crippen molar-refractivity contribution in [3.05, 3.63) is 76.4 Å². The van der Waals surface area contributed by atoms with Crippen molar-refractivity contribution in [2.24, 2.45) is 17.5 Å². The lowest BCUT2D eigenvalue weighted by molar-refractivity contribution is -0.129. The Hall–Kier alpha value is -4.00. The number of amides is 2. The topological polar surface area (TPSA) is 135 Å². The summed E-state index contributed by atoms with van der Waals surface area (Å²) >= 11 is 12.1. The third-order valence-electron chi connectivity index (χ3n) is 7.62. The molecule has 0 radical (unpaired) electrons. The highest BCUT2D eigenvalue weighted by molar-refractivity contribution is 6.31. The molecule has 2 bridgehead atoms. The quantitative estimate of drug-likeness (QED) is 0.184. The highest BCUT2D eigenvalue weighted by Gasteiger charge is 2.31. The SMILES string of the molecule is CC1CCCC(N2CCC(c3cc(Cl)ccc3N(N)/C=C(\N)Cl)=CC2=O)c2cc(ccn2)-c2c(cnn2C(F)F)NC1=O. The number of fused-ring (bicyclic) bond motifs is 4. The summed E-state index contributed by atoms with van der Waals surface area (Å²) in [4.78, 5) is 32.9. The fraction of sp³-hybridized carbons (Fsp3) is 0.310. The van der Waals surface area contributed by atoms with Gasteiger partial charge in [0.2, 0.25) is 11.8 Å². The molecule has 5 rings (SSSR count). The molecule has 2 aromatic heterocycles. The van der Waals surface area contributed by atoms with Gasteiger partial charge in [-0.05, 0) is 55.2 Å². The van der Waals surface area contributed by atoms with Gasteiger partial charge in [-0.3, -0.25) is 19.6 Å². The van der Waals surface area contributed by atoms with Gasteiger partial charge < -0.3 is 16.0 Å². The second-order valence-electron chi connectivity index (χ2n) is 10.5. The maximum absolute atomic E-state index is 13.9. The zero-order chi connectivity index (χ0) is 30.8. The van der Waals surface area contributed by atoms with E-state index in [1.807, 2.05) is 0 Å². The minimum absolute atomic E-state index is 0.0176. The smallest absolute Gasteiger partial charge is 0.333 e. The molecule has 43 heavy (non-hydrogen) atoms. The zero-order valence-corrected chi connectivity index (χ0v) is 24.7. The monoisotopic (exact) mass is 630 g/mol. The number of anilines is 2.